The summed E-state index contributed by atoms with van der Waals surface area (Å²) in [5.41, 5.74) is 0.288. The van der Waals surface area contributed by atoms with Gasteiger partial charge in [-0.05, 0) is 25.8 Å². The van der Waals surface area contributed by atoms with Crippen LogP contribution >= 0.6 is 0 Å². The number of carbonyl (C=O) groups is 1. The predicted octanol–water partition coefficient (Wildman–Crippen LogP) is 2.64. The summed E-state index contributed by atoms with van der Waals surface area (Å²) in [7, 11) is 0. The van der Waals surface area contributed by atoms with Crippen LogP contribution in [-0.4, -0.2) is 11.1 Å². The molecule has 15 heavy (non-hydrogen) atoms. The maximum absolute atomic E-state index is 13.6. The van der Waals surface area contributed by atoms with Gasteiger partial charge in [0.1, 0.15) is 5.82 Å². The summed E-state index contributed by atoms with van der Waals surface area (Å²) in [5.74, 6) is -1.30. The fourth-order valence-corrected chi connectivity index (χ4v) is 2.13. The number of aliphatic carboxylic acids is 1. The van der Waals surface area contributed by atoms with E-state index < -0.39 is 17.2 Å². The zero-order chi connectivity index (χ0) is 11.1. The van der Waals surface area contributed by atoms with Crippen LogP contribution in [0.4, 0.5) is 4.39 Å². The van der Waals surface area contributed by atoms with Crippen molar-refractivity contribution in [2.45, 2.75) is 31.6 Å². The van der Waals surface area contributed by atoms with Gasteiger partial charge in [0.2, 0.25) is 0 Å². The molecular weight excluding hydrogens is 195 g/mol. The molecule has 80 valence electrons. The maximum Gasteiger partial charge on any atom is 0.314 e. The zero-order valence-corrected chi connectivity index (χ0v) is 8.59. The monoisotopic (exact) mass is 208 g/mol. The Morgan fingerprint density at radius 2 is 2.13 bits per heavy atom. The quantitative estimate of drug-likeness (QED) is 0.811. The van der Waals surface area contributed by atoms with Crippen molar-refractivity contribution in [2.75, 3.05) is 0 Å². The van der Waals surface area contributed by atoms with Crippen LogP contribution in [0.1, 0.15) is 30.4 Å². The number of aryl methyl sites for hydroxylation is 1. The summed E-state index contributed by atoms with van der Waals surface area (Å²) < 4.78 is 13.6. The molecule has 0 amide bonds. The molecule has 0 aromatic heterocycles. The molecule has 0 unspecified atom stereocenters. The average Bonchev–Trinajstić information content (AvgIpc) is 2.08. The summed E-state index contributed by atoms with van der Waals surface area (Å²) in [4.78, 5) is 11.2. The summed E-state index contributed by atoms with van der Waals surface area (Å²) >= 11 is 0. The van der Waals surface area contributed by atoms with Crippen LogP contribution in [0.2, 0.25) is 0 Å². The Balaban J connectivity index is 2.51. The zero-order valence-electron chi connectivity index (χ0n) is 8.59. The lowest BCUT2D eigenvalue weighted by Gasteiger charge is -2.38. The van der Waals surface area contributed by atoms with Crippen molar-refractivity contribution < 1.29 is 14.3 Å². The molecule has 0 heterocycles. The minimum absolute atomic E-state index is 0.348. The van der Waals surface area contributed by atoms with E-state index in [0.717, 1.165) is 12.0 Å². The fourth-order valence-electron chi connectivity index (χ4n) is 2.13. The molecule has 0 aliphatic heterocycles. The highest BCUT2D eigenvalue weighted by atomic mass is 19.1. The molecule has 1 aromatic rings. The SMILES string of the molecule is Cc1ccc(F)c(C2(C(=O)O)CCC2)c1. The van der Waals surface area contributed by atoms with Crippen molar-refractivity contribution in [1.82, 2.24) is 0 Å². The first-order chi connectivity index (χ1) is 7.06. The van der Waals surface area contributed by atoms with Crippen LogP contribution in [0.25, 0.3) is 0 Å². The lowest BCUT2D eigenvalue weighted by molar-refractivity contribution is -0.147. The van der Waals surface area contributed by atoms with E-state index in [1.54, 1.807) is 12.1 Å². The van der Waals surface area contributed by atoms with Crippen molar-refractivity contribution in [1.29, 1.82) is 0 Å². The van der Waals surface area contributed by atoms with Crippen LogP contribution in [0.3, 0.4) is 0 Å². The third kappa shape index (κ3) is 1.42. The molecule has 0 spiro atoms. The lowest BCUT2D eigenvalue weighted by Crippen LogP contribution is -2.43. The Morgan fingerprint density at radius 1 is 1.47 bits per heavy atom. The largest absolute Gasteiger partial charge is 0.481 e. The number of hydrogen-bond acceptors (Lipinski definition) is 1. The van der Waals surface area contributed by atoms with E-state index in [9.17, 15) is 14.3 Å². The van der Waals surface area contributed by atoms with E-state index in [0.29, 0.717) is 18.4 Å². The second kappa shape index (κ2) is 3.33. The number of carboxylic acids is 1. The Kier molecular flexibility index (Phi) is 2.25. The smallest absolute Gasteiger partial charge is 0.314 e. The van der Waals surface area contributed by atoms with Gasteiger partial charge in [0.15, 0.2) is 0 Å². The van der Waals surface area contributed by atoms with Gasteiger partial charge < -0.3 is 5.11 Å². The van der Waals surface area contributed by atoms with Crippen LogP contribution in [0, 0.1) is 12.7 Å². The van der Waals surface area contributed by atoms with Crippen molar-refractivity contribution in [3.05, 3.63) is 35.1 Å². The molecule has 0 radical (unpaired) electrons. The molecule has 1 aliphatic carbocycles. The van der Waals surface area contributed by atoms with Gasteiger partial charge in [-0.15, -0.1) is 0 Å². The Labute approximate surface area is 87.7 Å². The van der Waals surface area contributed by atoms with Gasteiger partial charge in [0.05, 0.1) is 5.41 Å². The van der Waals surface area contributed by atoms with Crippen molar-refractivity contribution in [2.24, 2.45) is 0 Å². The first-order valence-electron chi connectivity index (χ1n) is 5.06. The van der Waals surface area contributed by atoms with E-state index in [2.05, 4.69) is 0 Å². The molecule has 1 aliphatic rings. The first kappa shape index (κ1) is 10.1. The average molecular weight is 208 g/mol. The second-order valence-electron chi connectivity index (χ2n) is 4.22. The third-order valence-electron chi connectivity index (χ3n) is 3.25. The minimum Gasteiger partial charge on any atom is -0.481 e. The molecule has 1 aromatic carbocycles. The topological polar surface area (TPSA) is 37.3 Å². The van der Waals surface area contributed by atoms with Gasteiger partial charge in [-0.2, -0.15) is 0 Å². The summed E-state index contributed by atoms with van der Waals surface area (Å²) in [5, 5.41) is 9.19. The summed E-state index contributed by atoms with van der Waals surface area (Å²) in [6.45, 7) is 1.84. The molecule has 0 atom stereocenters. The molecule has 2 rings (SSSR count). The minimum atomic E-state index is -0.962. The highest BCUT2D eigenvalue weighted by molar-refractivity contribution is 5.82. The molecule has 0 saturated heterocycles. The Hall–Kier alpha value is -1.38. The van der Waals surface area contributed by atoms with Crippen LogP contribution in [0.15, 0.2) is 18.2 Å². The van der Waals surface area contributed by atoms with Gasteiger partial charge in [-0.25, -0.2) is 4.39 Å². The van der Waals surface area contributed by atoms with Crippen molar-refractivity contribution in [3.63, 3.8) is 0 Å². The van der Waals surface area contributed by atoms with Gasteiger partial charge in [0, 0.05) is 5.56 Å². The second-order valence-corrected chi connectivity index (χ2v) is 4.22. The van der Waals surface area contributed by atoms with E-state index in [1.165, 1.54) is 6.07 Å². The number of carboxylic acid groups (broad SMARTS) is 1. The Morgan fingerprint density at radius 3 is 2.60 bits per heavy atom. The first-order valence-corrected chi connectivity index (χ1v) is 5.06. The molecular formula is C12H13FO2. The maximum atomic E-state index is 13.6. The normalized spacial score (nSPS) is 18.3. The van der Waals surface area contributed by atoms with Crippen molar-refractivity contribution >= 4 is 5.97 Å². The number of halogens is 1. The molecule has 1 saturated carbocycles. The highest BCUT2D eigenvalue weighted by Crippen LogP contribution is 2.45. The molecule has 2 nitrogen and oxygen atoms in total. The van der Waals surface area contributed by atoms with E-state index in [-0.39, 0.29) is 0 Å². The molecule has 0 bridgehead atoms. The third-order valence-corrected chi connectivity index (χ3v) is 3.25. The number of benzene rings is 1. The summed E-state index contributed by atoms with van der Waals surface area (Å²) in [6, 6.07) is 4.67. The van der Waals surface area contributed by atoms with E-state index >= 15 is 0 Å². The van der Waals surface area contributed by atoms with Gasteiger partial charge in [-0.3, -0.25) is 4.79 Å². The fraction of sp³-hybridized carbons (Fsp3) is 0.417. The van der Waals surface area contributed by atoms with Crippen molar-refractivity contribution in [3.8, 4) is 0 Å². The number of rotatable bonds is 2. The highest BCUT2D eigenvalue weighted by Gasteiger charge is 2.47. The predicted molar refractivity (Wildman–Crippen MR) is 54.3 cm³/mol. The van der Waals surface area contributed by atoms with Crippen LogP contribution in [0.5, 0.6) is 0 Å². The lowest BCUT2D eigenvalue weighted by atomic mass is 9.64. The van der Waals surface area contributed by atoms with E-state index in [4.69, 9.17) is 0 Å². The summed E-state index contributed by atoms with van der Waals surface area (Å²) in [6.07, 6.45) is 1.95. The van der Waals surface area contributed by atoms with Crippen LogP contribution in [-0.2, 0) is 10.2 Å². The standard InChI is InChI=1S/C12H13FO2/c1-8-3-4-10(13)9(7-8)12(11(14)15)5-2-6-12/h3-4,7H,2,5-6H2,1H3,(H,14,15). The molecule has 3 heteroatoms. The van der Waals surface area contributed by atoms with E-state index in [1.807, 2.05) is 6.92 Å². The van der Waals surface area contributed by atoms with Gasteiger partial charge in [0.25, 0.3) is 0 Å². The van der Waals surface area contributed by atoms with Crippen LogP contribution < -0.4 is 0 Å². The molecule has 1 fully saturated rings. The van der Waals surface area contributed by atoms with Gasteiger partial charge >= 0.3 is 5.97 Å². The Bertz CT molecular complexity index is 408. The molecule has 1 N–H and O–H groups in total. The number of hydrogen-bond donors (Lipinski definition) is 1. The van der Waals surface area contributed by atoms with Gasteiger partial charge in [-0.1, -0.05) is 24.1 Å².